The van der Waals surface area contributed by atoms with E-state index in [1.165, 1.54) is 96.6 Å². The van der Waals surface area contributed by atoms with E-state index in [1.807, 2.05) is 0 Å². The van der Waals surface area contributed by atoms with Crippen LogP contribution in [-0.4, -0.2) is 13.1 Å². The van der Waals surface area contributed by atoms with Gasteiger partial charge in [-0.3, -0.25) is 0 Å². The van der Waals surface area contributed by atoms with Gasteiger partial charge in [0, 0.05) is 0 Å². The summed E-state index contributed by atoms with van der Waals surface area (Å²) in [6.45, 7) is 4.83. The van der Waals surface area contributed by atoms with Gasteiger partial charge in [0.2, 0.25) is 0 Å². The third kappa shape index (κ3) is 8.97. The average molecular weight is 253 g/mol. The molecule has 1 fully saturated rings. The quantitative estimate of drug-likeness (QED) is 0.493. The van der Waals surface area contributed by atoms with E-state index in [0.29, 0.717) is 0 Å². The maximum atomic E-state index is 3.45. The highest BCUT2D eigenvalue weighted by Gasteiger charge is 2.11. The van der Waals surface area contributed by atoms with Crippen LogP contribution in [0, 0.1) is 5.92 Å². The molecule has 1 aliphatic heterocycles. The van der Waals surface area contributed by atoms with Crippen LogP contribution in [0.1, 0.15) is 90.4 Å². The number of piperidine rings is 1. The monoisotopic (exact) mass is 253 g/mol. The van der Waals surface area contributed by atoms with Gasteiger partial charge in [0.05, 0.1) is 0 Å². The molecule has 0 saturated carbocycles. The van der Waals surface area contributed by atoms with E-state index in [9.17, 15) is 0 Å². The van der Waals surface area contributed by atoms with Crippen molar-refractivity contribution < 1.29 is 0 Å². The van der Waals surface area contributed by atoms with Crippen molar-refractivity contribution in [2.45, 2.75) is 90.4 Å². The summed E-state index contributed by atoms with van der Waals surface area (Å²) in [6.07, 6.45) is 19.0. The summed E-state index contributed by atoms with van der Waals surface area (Å²) in [7, 11) is 0. The molecule has 1 rings (SSSR count). The normalized spacial score (nSPS) is 17.2. The molecule has 108 valence electrons. The topological polar surface area (TPSA) is 12.0 Å². The molecule has 0 aromatic heterocycles. The Bertz CT molecular complexity index is 161. The average Bonchev–Trinajstić information content (AvgIpc) is 2.42. The Kier molecular flexibility index (Phi) is 10.7. The van der Waals surface area contributed by atoms with Gasteiger partial charge in [0.1, 0.15) is 0 Å². The molecule has 0 amide bonds. The zero-order chi connectivity index (χ0) is 12.9. The third-order valence-corrected chi connectivity index (χ3v) is 4.42. The highest BCUT2D eigenvalue weighted by Crippen LogP contribution is 2.20. The Labute approximate surface area is 115 Å². The molecule has 1 aliphatic rings. The van der Waals surface area contributed by atoms with Crippen LogP contribution in [0.5, 0.6) is 0 Å². The first kappa shape index (κ1) is 16.0. The minimum absolute atomic E-state index is 1.04. The Hall–Kier alpha value is -0.0400. The van der Waals surface area contributed by atoms with Crippen molar-refractivity contribution in [3.63, 3.8) is 0 Å². The molecule has 1 heteroatoms. The molecule has 0 unspecified atom stereocenters. The Morgan fingerprint density at radius 3 is 1.78 bits per heavy atom. The van der Waals surface area contributed by atoms with Gasteiger partial charge in [-0.2, -0.15) is 0 Å². The molecule has 1 heterocycles. The molecular weight excluding hydrogens is 218 g/mol. The van der Waals surface area contributed by atoms with E-state index >= 15 is 0 Å². The highest BCUT2D eigenvalue weighted by molar-refractivity contribution is 4.68. The Balaban J connectivity index is 1.73. The van der Waals surface area contributed by atoms with Gasteiger partial charge in [0.25, 0.3) is 0 Å². The predicted molar refractivity (Wildman–Crippen MR) is 82.1 cm³/mol. The fourth-order valence-corrected chi connectivity index (χ4v) is 3.09. The Morgan fingerprint density at radius 2 is 1.22 bits per heavy atom. The fourth-order valence-electron chi connectivity index (χ4n) is 3.09. The van der Waals surface area contributed by atoms with E-state index in [0.717, 1.165) is 5.92 Å². The number of hydrogen-bond acceptors (Lipinski definition) is 1. The van der Waals surface area contributed by atoms with Crippen LogP contribution in [0.2, 0.25) is 0 Å². The van der Waals surface area contributed by atoms with Crippen LogP contribution in [0.4, 0.5) is 0 Å². The van der Waals surface area contributed by atoms with Crippen molar-refractivity contribution in [3.8, 4) is 0 Å². The lowest BCUT2D eigenvalue weighted by atomic mass is 9.92. The van der Waals surface area contributed by atoms with Crippen molar-refractivity contribution in [2.24, 2.45) is 5.92 Å². The SMILES string of the molecule is CCCCCCCCCCCCC1CCNCC1. The molecule has 0 aliphatic carbocycles. The smallest absolute Gasteiger partial charge is 0.00463 e. The minimum atomic E-state index is 1.04. The molecule has 0 spiro atoms. The van der Waals surface area contributed by atoms with Crippen LogP contribution in [-0.2, 0) is 0 Å². The van der Waals surface area contributed by atoms with Crippen LogP contribution in [0.25, 0.3) is 0 Å². The molecule has 18 heavy (non-hydrogen) atoms. The van der Waals surface area contributed by atoms with Crippen LogP contribution in [0.3, 0.4) is 0 Å². The lowest BCUT2D eigenvalue weighted by Gasteiger charge is -2.22. The van der Waals surface area contributed by atoms with E-state index in [1.54, 1.807) is 0 Å². The Morgan fingerprint density at radius 1 is 0.722 bits per heavy atom. The molecule has 1 nitrogen and oxygen atoms in total. The molecule has 1 N–H and O–H groups in total. The second kappa shape index (κ2) is 12.0. The van der Waals surface area contributed by atoms with Gasteiger partial charge in [-0.05, 0) is 31.8 Å². The minimum Gasteiger partial charge on any atom is -0.317 e. The van der Waals surface area contributed by atoms with Gasteiger partial charge >= 0.3 is 0 Å². The summed E-state index contributed by atoms with van der Waals surface area (Å²) < 4.78 is 0. The van der Waals surface area contributed by atoms with E-state index in [2.05, 4.69) is 12.2 Å². The summed E-state index contributed by atoms with van der Waals surface area (Å²) in [6, 6.07) is 0. The first-order chi connectivity index (χ1) is 8.93. The van der Waals surface area contributed by atoms with Gasteiger partial charge in [-0.15, -0.1) is 0 Å². The molecule has 0 aromatic carbocycles. The fraction of sp³-hybridized carbons (Fsp3) is 1.00. The van der Waals surface area contributed by atoms with E-state index in [4.69, 9.17) is 0 Å². The number of rotatable bonds is 11. The number of unbranched alkanes of at least 4 members (excludes halogenated alkanes) is 9. The number of nitrogens with one attached hydrogen (secondary N) is 1. The zero-order valence-corrected chi connectivity index (χ0v) is 12.7. The summed E-state index contributed by atoms with van der Waals surface area (Å²) in [5.41, 5.74) is 0. The lowest BCUT2D eigenvalue weighted by Crippen LogP contribution is -2.27. The maximum Gasteiger partial charge on any atom is -0.00463 e. The third-order valence-electron chi connectivity index (χ3n) is 4.42. The van der Waals surface area contributed by atoms with Crippen LogP contribution in [0.15, 0.2) is 0 Å². The van der Waals surface area contributed by atoms with E-state index in [-0.39, 0.29) is 0 Å². The second-order valence-corrected chi connectivity index (χ2v) is 6.16. The standard InChI is InChI=1S/C17H35N/c1-2-3-4-5-6-7-8-9-10-11-12-17-13-15-18-16-14-17/h17-18H,2-16H2,1H3. The lowest BCUT2D eigenvalue weighted by molar-refractivity contribution is 0.342. The highest BCUT2D eigenvalue weighted by atomic mass is 14.9. The summed E-state index contributed by atoms with van der Waals surface area (Å²) >= 11 is 0. The van der Waals surface area contributed by atoms with Crippen molar-refractivity contribution in [1.82, 2.24) is 5.32 Å². The number of hydrogen-bond donors (Lipinski definition) is 1. The largest absolute Gasteiger partial charge is 0.317 e. The summed E-state index contributed by atoms with van der Waals surface area (Å²) in [5.74, 6) is 1.04. The van der Waals surface area contributed by atoms with Crippen molar-refractivity contribution in [3.05, 3.63) is 0 Å². The predicted octanol–water partition coefficient (Wildman–Crippen LogP) is 5.30. The van der Waals surface area contributed by atoms with E-state index < -0.39 is 0 Å². The maximum absolute atomic E-state index is 3.45. The molecule has 0 atom stereocenters. The van der Waals surface area contributed by atoms with Crippen LogP contribution < -0.4 is 5.32 Å². The van der Waals surface area contributed by atoms with Gasteiger partial charge in [-0.1, -0.05) is 77.6 Å². The van der Waals surface area contributed by atoms with Crippen molar-refractivity contribution in [2.75, 3.05) is 13.1 Å². The second-order valence-electron chi connectivity index (χ2n) is 6.16. The van der Waals surface area contributed by atoms with Gasteiger partial charge < -0.3 is 5.32 Å². The van der Waals surface area contributed by atoms with Crippen molar-refractivity contribution in [1.29, 1.82) is 0 Å². The van der Waals surface area contributed by atoms with Gasteiger partial charge in [-0.25, -0.2) is 0 Å². The van der Waals surface area contributed by atoms with Crippen molar-refractivity contribution >= 4 is 0 Å². The van der Waals surface area contributed by atoms with Crippen LogP contribution >= 0.6 is 0 Å². The first-order valence-electron chi connectivity index (χ1n) is 8.64. The summed E-state index contributed by atoms with van der Waals surface area (Å²) in [4.78, 5) is 0. The molecular formula is C17H35N. The summed E-state index contributed by atoms with van der Waals surface area (Å²) in [5, 5.41) is 3.45. The first-order valence-corrected chi connectivity index (χ1v) is 8.64. The zero-order valence-electron chi connectivity index (χ0n) is 12.7. The molecule has 0 bridgehead atoms. The van der Waals surface area contributed by atoms with Gasteiger partial charge in [0.15, 0.2) is 0 Å². The molecule has 1 saturated heterocycles. The molecule has 0 aromatic rings. The molecule has 0 radical (unpaired) electrons.